The van der Waals surface area contributed by atoms with Crippen molar-refractivity contribution in [3.8, 4) is 0 Å². The molecule has 0 heterocycles. The van der Waals surface area contributed by atoms with E-state index in [0.717, 1.165) is 0 Å². The lowest BCUT2D eigenvalue weighted by Crippen LogP contribution is -2.46. The van der Waals surface area contributed by atoms with E-state index in [1.807, 2.05) is 0 Å². The van der Waals surface area contributed by atoms with E-state index in [4.69, 9.17) is 5.73 Å². The van der Waals surface area contributed by atoms with Crippen molar-refractivity contribution in [1.82, 2.24) is 10.6 Å². The van der Waals surface area contributed by atoms with Gasteiger partial charge in [-0.05, 0) is 36.7 Å². The van der Waals surface area contributed by atoms with Gasteiger partial charge >= 0.3 is 0 Å². The number of carbonyl (C=O) groups is 2. The largest absolute Gasteiger partial charge is 0.354 e. The summed E-state index contributed by atoms with van der Waals surface area (Å²) in [4.78, 5) is 24.9. The second-order valence-corrected chi connectivity index (χ2v) is 9.93. The van der Waals surface area contributed by atoms with E-state index in [1.54, 1.807) is 45.0 Å². The first-order valence-corrected chi connectivity index (χ1v) is 11.2. The highest BCUT2D eigenvalue weighted by Crippen LogP contribution is 2.25. The summed E-state index contributed by atoms with van der Waals surface area (Å²) < 4.78 is 24.3. The molecule has 4 N–H and O–H groups in total. The van der Waals surface area contributed by atoms with Crippen LogP contribution in [0.2, 0.25) is 0 Å². The first-order valence-electron chi connectivity index (χ1n) is 9.35. The predicted molar refractivity (Wildman–Crippen MR) is 117 cm³/mol. The molecule has 29 heavy (non-hydrogen) atoms. The van der Waals surface area contributed by atoms with Crippen LogP contribution in [0, 0.1) is 0 Å². The van der Waals surface area contributed by atoms with E-state index < -0.39 is 21.3 Å². The monoisotopic (exact) mass is 421 g/mol. The molecule has 0 saturated heterocycles. The molecular formula is C21H31N3O4S. The zero-order chi connectivity index (χ0) is 22.2. The SMILES string of the molecule is C=CNC(=O)CC(C(=O)NCC(C)(C)N)c1ccc(C=C)c(CS(=O)(=O)CC)c1. The number of hydrogen-bond donors (Lipinski definition) is 3. The van der Waals surface area contributed by atoms with Crippen LogP contribution in [0.4, 0.5) is 0 Å². The quantitative estimate of drug-likeness (QED) is 0.504. The molecule has 2 amide bonds. The maximum atomic E-state index is 12.8. The number of hydrogen-bond acceptors (Lipinski definition) is 5. The molecule has 0 spiro atoms. The highest BCUT2D eigenvalue weighted by molar-refractivity contribution is 7.90. The van der Waals surface area contributed by atoms with Crippen LogP contribution < -0.4 is 16.4 Å². The van der Waals surface area contributed by atoms with Gasteiger partial charge in [-0.1, -0.05) is 44.4 Å². The zero-order valence-electron chi connectivity index (χ0n) is 17.3. The standard InChI is InChI=1S/C21H31N3O4S/c1-6-15-9-10-16(11-17(15)13-29(27,28)8-3)18(12-19(25)23-7-2)20(26)24-14-21(4,5)22/h6-7,9-11,18H,1-2,8,12-14,22H2,3-5H3,(H,23,25)(H,24,26). The maximum absolute atomic E-state index is 12.8. The number of rotatable bonds is 11. The van der Waals surface area contributed by atoms with E-state index in [0.29, 0.717) is 16.7 Å². The van der Waals surface area contributed by atoms with E-state index in [9.17, 15) is 18.0 Å². The van der Waals surface area contributed by atoms with Gasteiger partial charge in [0, 0.05) is 24.3 Å². The number of benzene rings is 1. The number of carbonyl (C=O) groups excluding carboxylic acids is 2. The molecule has 0 saturated carbocycles. The third-order valence-corrected chi connectivity index (χ3v) is 5.92. The van der Waals surface area contributed by atoms with Gasteiger partial charge in [-0.2, -0.15) is 0 Å². The molecule has 1 atom stereocenters. The Balaban J connectivity index is 3.31. The fourth-order valence-corrected chi connectivity index (χ4v) is 3.59. The van der Waals surface area contributed by atoms with Gasteiger partial charge in [0.05, 0.1) is 11.7 Å². The molecular weight excluding hydrogens is 390 g/mol. The van der Waals surface area contributed by atoms with E-state index in [2.05, 4.69) is 23.8 Å². The van der Waals surface area contributed by atoms with Crippen LogP contribution in [0.5, 0.6) is 0 Å². The third kappa shape index (κ3) is 8.21. The van der Waals surface area contributed by atoms with Crippen molar-refractivity contribution >= 4 is 27.7 Å². The lowest BCUT2D eigenvalue weighted by molar-refractivity contribution is -0.127. The molecule has 0 aliphatic heterocycles. The van der Waals surface area contributed by atoms with Crippen molar-refractivity contribution in [3.63, 3.8) is 0 Å². The molecule has 7 nitrogen and oxygen atoms in total. The Morgan fingerprint density at radius 1 is 1.28 bits per heavy atom. The van der Waals surface area contributed by atoms with E-state index in [-0.39, 0.29) is 36.3 Å². The van der Waals surface area contributed by atoms with Crippen molar-refractivity contribution in [2.45, 2.75) is 44.4 Å². The first kappa shape index (κ1) is 24.6. The fourth-order valence-electron chi connectivity index (χ4n) is 2.66. The number of amides is 2. The first-order chi connectivity index (χ1) is 13.4. The molecule has 1 aromatic carbocycles. The molecule has 160 valence electrons. The smallest absolute Gasteiger partial charge is 0.228 e. The van der Waals surface area contributed by atoms with Gasteiger partial charge in [-0.3, -0.25) is 9.59 Å². The van der Waals surface area contributed by atoms with Gasteiger partial charge < -0.3 is 16.4 Å². The summed E-state index contributed by atoms with van der Waals surface area (Å²) in [5, 5.41) is 5.23. The number of nitrogens with one attached hydrogen (secondary N) is 2. The maximum Gasteiger partial charge on any atom is 0.228 e. The Kier molecular flexibility index (Phi) is 8.79. The van der Waals surface area contributed by atoms with Crippen molar-refractivity contribution in [3.05, 3.63) is 54.2 Å². The average Bonchev–Trinajstić information content (AvgIpc) is 2.63. The van der Waals surface area contributed by atoms with Gasteiger partial charge in [0.15, 0.2) is 9.84 Å². The highest BCUT2D eigenvalue weighted by Gasteiger charge is 2.26. The molecule has 1 rings (SSSR count). The van der Waals surface area contributed by atoms with Crippen LogP contribution in [0.15, 0.2) is 37.6 Å². The summed E-state index contributed by atoms with van der Waals surface area (Å²) in [7, 11) is -3.29. The topological polar surface area (TPSA) is 118 Å². The lowest BCUT2D eigenvalue weighted by atomic mass is 9.91. The Morgan fingerprint density at radius 3 is 2.45 bits per heavy atom. The molecule has 1 aromatic rings. The van der Waals surface area contributed by atoms with Crippen LogP contribution in [-0.4, -0.2) is 38.1 Å². The Bertz CT molecular complexity index is 870. The van der Waals surface area contributed by atoms with Crippen LogP contribution >= 0.6 is 0 Å². The van der Waals surface area contributed by atoms with E-state index >= 15 is 0 Å². The third-order valence-electron chi connectivity index (χ3n) is 4.29. The van der Waals surface area contributed by atoms with Gasteiger partial charge in [0.25, 0.3) is 0 Å². The average molecular weight is 422 g/mol. The molecule has 8 heteroatoms. The molecule has 0 fully saturated rings. The fraction of sp³-hybridized carbons (Fsp3) is 0.429. The molecule has 0 aromatic heterocycles. The summed E-state index contributed by atoms with van der Waals surface area (Å²) in [6.07, 6.45) is 2.71. The summed E-state index contributed by atoms with van der Waals surface area (Å²) in [6, 6.07) is 5.07. The minimum absolute atomic E-state index is 0.00501. The lowest BCUT2D eigenvalue weighted by Gasteiger charge is -2.23. The van der Waals surface area contributed by atoms with Crippen LogP contribution in [-0.2, 0) is 25.2 Å². The minimum atomic E-state index is -3.29. The van der Waals surface area contributed by atoms with Gasteiger partial charge in [0.2, 0.25) is 11.8 Å². The second-order valence-electron chi connectivity index (χ2n) is 7.57. The minimum Gasteiger partial charge on any atom is -0.354 e. The predicted octanol–water partition coefficient (Wildman–Crippen LogP) is 1.85. The molecule has 1 unspecified atom stereocenters. The molecule has 0 radical (unpaired) electrons. The Hall–Kier alpha value is -2.45. The van der Waals surface area contributed by atoms with E-state index in [1.165, 1.54) is 6.20 Å². The zero-order valence-corrected chi connectivity index (χ0v) is 18.1. The number of sulfone groups is 1. The second kappa shape index (κ2) is 10.4. The Morgan fingerprint density at radius 2 is 1.93 bits per heavy atom. The molecule has 0 aliphatic rings. The summed E-state index contributed by atoms with van der Waals surface area (Å²) in [6.45, 7) is 12.5. The normalized spacial score (nSPS) is 12.7. The summed E-state index contributed by atoms with van der Waals surface area (Å²) >= 11 is 0. The van der Waals surface area contributed by atoms with Gasteiger partial charge in [-0.25, -0.2) is 8.42 Å². The van der Waals surface area contributed by atoms with Crippen LogP contribution in [0.1, 0.15) is 49.8 Å². The summed E-state index contributed by atoms with van der Waals surface area (Å²) in [5.74, 6) is -1.70. The van der Waals surface area contributed by atoms with Crippen molar-refractivity contribution in [1.29, 1.82) is 0 Å². The van der Waals surface area contributed by atoms with Crippen molar-refractivity contribution in [2.24, 2.45) is 5.73 Å². The van der Waals surface area contributed by atoms with Crippen LogP contribution in [0.25, 0.3) is 6.08 Å². The Labute approximate surface area is 173 Å². The number of nitrogens with two attached hydrogens (primary N) is 1. The van der Waals surface area contributed by atoms with Crippen molar-refractivity contribution in [2.75, 3.05) is 12.3 Å². The van der Waals surface area contributed by atoms with Gasteiger partial charge in [-0.15, -0.1) is 0 Å². The van der Waals surface area contributed by atoms with Gasteiger partial charge in [0.1, 0.15) is 0 Å². The molecule has 0 aliphatic carbocycles. The summed E-state index contributed by atoms with van der Waals surface area (Å²) in [5.41, 5.74) is 7.08. The highest BCUT2D eigenvalue weighted by atomic mass is 32.2. The molecule has 0 bridgehead atoms. The van der Waals surface area contributed by atoms with Crippen molar-refractivity contribution < 1.29 is 18.0 Å². The van der Waals surface area contributed by atoms with Crippen LogP contribution in [0.3, 0.4) is 0 Å².